The fourth-order valence-electron chi connectivity index (χ4n) is 2.34. The summed E-state index contributed by atoms with van der Waals surface area (Å²) in [5.74, 6) is -0.460. The molecule has 0 atom stereocenters. The fraction of sp³-hybridized carbons (Fsp3) is 0.667. The summed E-state index contributed by atoms with van der Waals surface area (Å²) in [5, 5.41) is 2.60. The van der Waals surface area contributed by atoms with Crippen molar-refractivity contribution < 1.29 is 34.8 Å². The van der Waals surface area contributed by atoms with E-state index in [0.717, 1.165) is 6.20 Å². The van der Waals surface area contributed by atoms with Gasteiger partial charge in [0.15, 0.2) is 0 Å². The lowest BCUT2D eigenvalue weighted by Crippen LogP contribution is -2.45. The van der Waals surface area contributed by atoms with E-state index in [2.05, 4.69) is 15.3 Å². The van der Waals surface area contributed by atoms with Crippen molar-refractivity contribution in [3.8, 4) is 0 Å². The largest absolute Gasteiger partial charge is 0.511 e. The maximum atomic E-state index is 12.5. The number of nitrogens with one attached hydrogen (secondary N) is 1. The van der Waals surface area contributed by atoms with Crippen LogP contribution >= 0.6 is 0 Å². The average Bonchev–Trinajstić information content (AvgIpc) is 2.52. The van der Waals surface area contributed by atoms with Gasteiger partial charge in [0.05, 0.1) is 0 Å². The first kappa shape index (κ1) is 19.7. The Hall–Kier alpha value is -1.63. The Morgan fingerprint density at radius 2 is 1.76 bits per heavy atom. The van der Waals surface area contributed by atoms with Crippen LogP contribution in [0.5, 0.6) is 0 Å². The summed E-state index contributed by atoms with van der Waals surface area (Å²) in [6, 6.07) is 0.714. The molecule has 0 aliphatic carbocycles. The van der Waals surface area contributed by atoms with Gasteiger partial charge in [-0.05, 0) is 24.8 Å². The predicted molar refractivity (Wildman–Crippen MR) is 74.8 cm³/mol. The molecule has 1 fully saturated rings. The zero-order valence-electron chi connectivity index (χ0n) is 12.6. The topological polar surface area (TPSA) is 75.2 Å². The zero-order chi connectivity index (χ0) is 18.9. The van der Waals surface area contributed by atoms with Crippen LogP contribution in [0.25, 0.3) is 0 Å². The van der Waals surface area contributed by atoms with Gasteiger partial charge in [0.2, 0.25) is 5.95 Å². The summed E-state index contributed by atoms with van der Waals surface area (Å²) in [6.07, 6.45) is -3.39. The second kappa shape index (κ2) is 6.94. The van der Waals surface area contributed by atoms with Gasteiger partial charge in [0, 0.05) is 25.8 Å². The van der Waals surface area contributed by atoms with Crippen molar-refractivity contribution in [3.63, 3.8) is 0 Å². The fourth-order valence-corrected chi connectivity index (χ4v) is 3.32. The van der Waals surface area contributed by atoms with Crippen LogP contribution in [-0.2, 0) is 16.2 Å². The second-order valence-electron chi connectivity index (χ2n) is 5.44. The minimum absolute atomic E-state index is 0.126. The first-order valence-corrected chi connectivity index (χ1v) is 8.56. The van der Waals surface area contributed by atoms with Gasteiger partial charge >= 0.3 is 21.7 Å². The number of rotatable bonds is 4. The molecule has 1 aliphatic heterocycles. The van der Waals surface area contributed by atoms with E-state index in [9.17, 15) is 34.8 Å². The lowest BCUT2D eigenvalue weighted by molar-refractivity contribution is -0.141. The molecular weight excluding hydrogens is 378 g/mol. The Balaban J connectivity index is 1.89. The first-order chi connectivity index (χ1) is 11.4. The van der Waals surface area contributed by atoms with Crippen LogP contribution in [0, 0.1) is 5.92 Å². The molecule has 1 aliphatic rings. The molecule has 1 aromatic heterocycles. The smallest absolute Gasteiger partial charge is 0.354 e. The maximum Gasteiger partial charge on any atom is 0.511 e. The standard InChI is InChI=1S/C12H14F6N4O2S/c13-11(14,15)9-1-4-19-10(21-9)20-7-8-2-5-22(6-3-8)25(23,24)12(16,17)18/h1,4,8H,2-3,5-7H2,(H,19,20,21). The summed E-state index contributed by atoms with van der Waals surface area (Å²) in [5.41, 5.74) is -6.46. The molecule has 0 spiro atoms. The van der Waals surface area contributed by atoms with E-state index in [0.29, 0.717) is 10.4 Å². The highest BCUT2D eigenvalue weighted by Gasteiger charge is 2.50. The van der Waals surface area contributed by atoms with Gasteiger partial charge in [-0.2, -0.15) is 30.6 Å². The van der Waals surface area contributed by atoms with Crippen LogP contribution in [0.1, 0.15) is 18.5 Å². The lowest BCUT2D eigenvalue weighted by Gasteiger charge is -2.31. The highest BCUT2D eigenvalue weighted by Crippen LogP contribution is 2.30. The third-order valence-corrected chi connectivity index (χ3v) is 5.33. The van der Waals surface area contributed by atoms with Crippen LogP contribution < -0.4 is 5.32 Å². The predicted octanol–water partition coefficient (Wildman–Crippen LogP) is 2.47. The van der Waals surface area contributed by atoms with Crippen LogP contribution in [0.15, 0.2) is 12.3 Å². The number of sulfonamides is 1. The van der Waals surface area contributed by atoms with Crippen molar-refractivity contribution in [2.75, 3.05) is 25.0 Å². The molecule has 0 unspecified atom stereocenters. The number of aromatic nitrogens is 2. The summed E-state index contributed by atoms with van der Waals surface area (Å²) >= 11 is 0. The molecule has 1 N–H and O–H groups in total. The van der Waals surface area contributed by atoms with Crippen LogP contribution in [-0.4, -0.2) is 47.8 Å². The van der Waals surface area contributed by atoms with Gasteiger partial charge in [-0.1, -0.05) is 0 Å². The molecular formula is C12H14F6N4O2S. The molecule has 1 saturated heterocycles. The molecule has 1 aromatic rings. The Kier molecular flexibility index (Phi) is 5.47. The Bertz CT molecular complexity index is 698. The molecule has 0 radical (unpaired) electrons. The average molecular weight is 392 g/mol. The van der Waals surface area contributed by atoms with E-state index in [1.54, 1.807) is 0 Å². The Labute approximate surface area is 139 Å². The van der Waals surface area contributed by atoms with E-state index in [1.165, 1.54) is 0 Å². The van der Waals surface area contributed by atoms with Crippen molar-refractivity contribution >= 4 is 16.0 Å². The number of anilines is 1. The summed E-state index contributed by atoms with van der Waals surface area (Å²) < 4.78 is 98.0. The van der Waals surface area contributed by atoms with E-state index in [1.807, 2.05) is 0 Å². The number of piperidine rings is 1. The number of hydrogen-bond acceptors (Lipinski definition) is 5. The van der Waals surface area contributed by atoms with Crippen molar-refractivity contribution in [1.82, 2.24) is 14.3 Å². The van der Waals surface area contributed by atoms with E-state index in [-0.39, 0.29) is 44.3 Å². The molecule has 13 heteroatoms. The number of nitrogens with zero attached hydrogens (tertiary/aromatic N) is 3. The van der Waals surface area contributed by atoms with Gasteiger partial charge in [0.1, 0.15) is 5.69 Å². The Morgan fingerprint density at radius 3 is 2.28 bits per heavy atom. The quantitative estimate of drug-likeness (QED) is 0.797. The SMILES string of the molecule is O=S(=O)(N1CCC(CNc2nccc(C(F)(F)F)n2)CC1)C(F)(F)F. The van der Waals surface area contributed by atoms with Crippen LogP contribution in [0.3, 0.4) is 0 Å². The van der Waals surface area contributed by atoms with Gasteiger partial charge in [-0.3, -0.25) is 0 Å². The van der Waals surface area contributed by atoms with Crippen molar-refractivity contribution in [2.24, 2.45) is 5.92 Å². The van der Waals surface area contributed by atoms with E-state index < -0.39 is 27.4 Å². The van der Waals surface area contributed by atoms with Gasteiger partial charge in [-0.25, -0.2) is 18.4 Å². The van der Waals surface area contributed by atoms with Crippen LogP contribution in [0.4, 0.5) is 32.3 Å². The van der Waals surface area contributed by atoms with Crippen molar-refractivity contribution in [1.29, 1.82) is 0 Å². The minimum atomic E-state index is -5.35. The summed E-state index contributed by atoms with van der Waals surface area (Å²) in [6.45, 7) is -0.490. The minimum Gasteiger partial charge on any atom is -0.354 e. The molecule has 6 nitrogen and oxygen atoms in total. The summed E-state index contributed by atoms with van der Waals surface area (Å²) in [7, 11) is -5.35. The zero-order valence-corrected chi connectivity index (χ0v) is 13.4. The number of hydrogen-bond donors (Lipinski definition) is 1. The number of halogens is 6. The Morgan fingerprint density at radius 1 is 1.16 bits per heavy atom. The third-order valence-electron chi connectivity index (χ3n) is 3.70. The first-order valence-electron chi connectivity index (χ1n) is 7.12. The molecule has 2 heterocycles. The van der Waals surface area contributed by atoms with Crippen LogP contribution in [0.2, 0.25) is 0 Å². The molecule has 0 bridgehead atoms. The molecule has 0 amide bonds. The monoisotopic (exact) mass is 392 g/mol. The second-order valence-corrected chi connectivity index (χ2v) is 7.37. The van der Waals surface area contributed by atoms with Gasteiger partial charge < -0.3 is 5.32 Å². The normalized spacial score (nSPS) is 18.3. The molecule has 0 saturated carbocycles. The van der Waals surface area contributed by atoms with E-state index >= 15 is 0 Å². The molecule has 2 rings (SSSR count). The lowest BCUT2D eigenvalue weighted by atomic mass is 9.98. The van der Waals surface area contributed by atoms with Crippen molar-refractivity contribution in [2.45, 2.75) is 24.5 Å². The molecule has 142 valence electrons. The van der Waals surface area contributed by atoms with Crippen molar-refractivity contribution in [3.05, 3.63) is 18.0 Å². The molecule has 25 heavy (non-hydrogen) atoms. The van der Waals surface area contributed by atoms with E-state index in [4.69, 9.17) is 0 Å². The molecule has 0 aromatic carbocycles. The van der Waals surface area contributed by atoms with Gasteiger partial charge in [0.25, 0.3) is 0 Å². The summed E-state index contributed by atoms with van der Waals surface area (Å²) in [4.78, 5) is 6.96. The third kappa shape index (κ3) is 4.71. The highest BCUT2D eigenvalue weighted by molar-refractivity contribution is 7.90. The van der Waals surface area contributed by atoms with Gasteiger partial charge in [-0.15, -0.1) is 0 Å². The number of alkyl halides is 6. The highest BCUT2D eigenvalue weighted by atomic mass is 32.2. The maximum absolute atomic E-state index is 12.5.